The molecule has 1 aliphatic heterocycles. The van der Waals surface area contributed by atoms with E-state index in [1.165, 1.54) is 0 Å². The van der Waals surface area contributed by atoms with Crippen LogP contribution in [-0.4, -0.2) is 61.8 Å². The average molecular weight is 421 g/mol. The number of sulfone groups is 1. The van der Waals surface area contributed by atoms with Crippen LogP contribution in [0.4, 0.5) is 0 Å². The maximum Gasteiger partial charge on any atom is 0.236 e. The summed E-state index contributed by atoms with van der Waals surface area (Å²) in [6.45, 7) is 5.08. The summed E-state index contributed by atoms with van der Waals surface area (Å²) in [7, 11) is -1.32. The Bertz CT molecular complexity index is 755. The van der Waals surface area contributed by atoms with Crippen LogP contribution in [0.15, 0.2) is 18.2 Å². The predicted octanol–water partition coefficient (Wildman–Crippen LogP) is 3.41. The van der Waals surface area contributed by atoms with E-state index in [4.69, 9.17) is 23.2 Å². The van der Waals surface area contributed by atoms with Crippen LogP contribution >= 0.6 is 23.2 Å². The summed E-state index contributed by atoms with van der Waals surface area (Å²) >= 11 is 12.1. The Balaban J connectivity index is 2.08. The lowest BCUT2D eigenvalue weighted by atomic mass is 10.1. The zero-order valence-corrected chi connectivity index (χ0v) is 17.7. The zero-order chi connectivity index (χ0) is 19.5. The maximum absolute atomic E-state index is 12.7. The molecule has 0 aromatic heterocycles. The van der Waals surface area contributed by atoms with Gasteiger partial charge in [-0.3, -0.25) is 9.69 Å². The molecular formula is C18H26Cl2N2O3S. The van der Waals surface area contributed by atoms with Crippen LogP contribution < -0.4 is 0 Å². The minimum atomic E-state index is -3.02. The second-order valence-corrected chi connectivity index (χ2v) is 9.92. The van der Waals surface area contributed by atoms with Crippen molar-refractivity contribution in [3.8, 4) is 0 Å². The summed E-state index contributed by atoms with van der Waals surface area (Å²) in [6.07, 6.45) is 1.42. The van der Waals surface area contributed by atoms with E-state index in [1.54, 1.807) is 18.0 Å². The van der Waals surface area contributed by atoms with Gasteiger partial charge in [-0.15, -0.1) is 0 Å². The third-order valence-electron chi connectivity index (χ3n) is 4.97. The van der Waals surface area contributed by atoms with Gasteiger partial charge in [-0.1, -0.05) is 36.2 Å². The Kier molecular flexibility index (Phi) is 7.36. The first-order chi connectivity index (χ1) is 12.1. The second-order valence-electron chi connectivity index (χ2n) is 6.88. The van der Waals surface area contributed by atoms with Crippen LogP contribution in [0.5, 0.6) is 0 Å². The molecule has 0 spiro atoms. The lowest BCUT2D eigenvalue weighted by molar-refractivity contribution is -0.133. The minimum Gasteiger partial charge on any atom is -0.341 e. The SMILES string of the molecule is CCCN(CC(=O)N(C)[C@@H]1CCS(=O)(=O)C1)[C@H](C)c1ccc(Cl)c(Cl)c1. The largest absolute Gasteiger partial charge is 0.341 e. The van der Waals surface area contributed by atoms with Crippen molar-refractivity contribution >= 4 is 38.9 Å². The fourth-order valence-corrected chi connectivity index (χ4v) is 5.33. The first-order valence-electron chi connectivity index (χ1n) is 8.79. The van der Waals surface area contributed by atoms with Gasteiger partial charge in [0.1, 0.15) is 0 Å². The molecule has 1 aliphatic rings. The van der Waals surface area contributed by atoms with Gasteiger partial charge in [-0.25, -0.2) is 8.42 Å². The molecule has 0 saturated carbocycles. The highest BCUT2D eigenvalue weighted by Gasteiger charge is 2.33. The third kappa shape index (κ3) is 5.35. The van der Waals surface area contributed by atoms with Crippen molar-refractivity contribution < 1.29 is 13.2 Å². The van der Waals surface area contributed by atoms with Gasteiger partial charge in [0.25, 0.3) is 0 Å². The molecule has 2 atom stereocenters. The number of nitrogens with zero attached hydrogens (tertiary/aromatic N) is 2. The van der Waals surface area contributed by atoms with E-state index < -0.39 is 9.84 Å². The number of amides is 1. The second kappa shape index (κ2) is 8.91. The van der Waals surface area contributed by atoms with Gasteiger partial charge in [0.05, 0.1) is 28.1 Å². The predicted molar refractivity (Wildman–Crippen MR) is 107 cm³/mol. The molecule has 5 nitrogen and oxygen atoms in total. The van der Waals surface area contributed by atoms with Crippen LogP contribution in [0.25, 0.3) is 0 Å². The topological polar surface area (TPSA) is 57.7 Å². The number of halogens is 2. The number of carbonyl (C=O) groups is 1. The molecular weight excluding hydrogens is 395 g/mol. The van der Waals surface area contributed by atoms with Crippen molar-refractivity contribution in [2.75, 3.05) is 31.6 Å². The molecule has 1 aromatic rings. The summed E-state index contributed by atoms with van der Waals surface area (Å²) in [6, 6.07) is 5.27. The number of hydrogen-bond donors (Lipinski definition) is 0. The van der Waals surface area contributed by atoms with E-state index in [0.717, 1.165) is 18.5 Å². The van der Waals surface area contributed by atoms with Gasteiger partial charge in [-0.2, -0.15) is 0 Å². The Hall–Kier alpha value is -0.820. The van der Waals surface area contributed by atoms with Crippen molar-refractivity contribution in [3.63, 3.8) is 0 Å². The first-order valence-corrected chi connectivity index (χ1v) is 11.4. The molecule has 1 amide bonds. The van der Waals surface area contributed by atoms with Crippen LogP contribution in [-0.2, 0) is 14.6 Å². The molecule has 8 heteroatoms. The Labute approximate surface area is 166 Å². The average Bonchev–Trinajstić information content (AvgIpc) is 2.95. The van der Waals surface area contributed by atoms with Crippen LogP contribution in [0.3, 0.4) is 0 Å². The Morgan fingerprint density at radius 3 is 2.54 bits per heavy atom. The molecule has 0 unspecified atom stereocenters. The molecule has 2 rings (SSSR count). The number of carbonyl (C=O) groups excluding carboxylic acids is 1. The van der Waals surface area contributed by atoms with Crippen molar-refractivity contribution in [1.82, 2.24) is 9.80 Å². The fourth-order valence-electron chi connectivity index (χ4n) is 3.25. The number of hydrogen-bond acceptors (Lipinski definition) is 4. The maximum atomic E-state index is 12.7. The number of benzene rings is 1. The number of likely N-dealkylation sites (N-methyl/N-ethyl adjacent to an activating group) is 1. The lowest BCUT2D eigenvalue weighted by Gasteiger charge is -2.32. The summed E-state index contributed by atoms with van der Waals surface area (Å²) in [5.74, 6) is 0.159. The monoisotopic (exact) mass is 420 g/mol. The number of rotatable bonds is 7. The molecule has 146 valence electrons. The molecule has 1 heterocycles. The minimum absolute atomic E-state index is 0.00521. The van der Waals surface area contributed by atoms with Crippen molar-refractivity contribution in [1.29, 1.82) is 0 Å². The summed E-state index contributed by atoms with van der Waals surface area (Å²) in [5.41, 5.74) is 0.992. The third-order valence-corrected chi connectivity index (χ3v) is 7.46. The van der Waals surface area contributed by atoms with E-state index >= 15 is 0 Å². The van der Waals surface area contributed by atoms with Crippen LogP contribution in [0.1, 0.15) is 38.3 Å². The molecule has 1 aromatic carbocycles. The van der Waals surface area contributed by atoms with Gasteiger partial charge < -0.3 is 4.90 Å². The smallest absolute Gasteiger partial charge is 0.236 e. The van der Waals surface area contributed by atoms with Crippen LogP contribution in [0.2, 0.25) is 10.0 Å². The molecule has 0 N–H and O–H groups in total. The van der Waals surface area contributed by atoms with Gasteiger partial charge in [0.2, 0.25) is 5.91 Å². The molecule has 0 radical (unpaired) electrons. The Morgan fingerprint density at radius 1 is 1.31 bits per heavy atom. The summed E-state index contributed by atoms with van der Waals surface area (Å²) < 4.78 is 23.3. The molecule has 26 heavy (non-hydrogen) atoms. The Morgan fingerprint density at radius 2 is 2.00 bits per heavy atom. The van der Waals surface area contributed by atoms with Gasteiger partial charge in [0, 0.05) is 19.1 Å². The van der Waals surface area contributed by atoms with E-state index in [0.29, 0.717) is 16.5 Å². The summed E-state index contributed by atoms with van der Waals surface area (Å²) in [5, 5.41) is 0.995. The van der Waals surface area contributed by atoms with Crippen molar-refractivity contribution in [2.24, 2.45) is 0 Å². The highest BCUT2D eigenvalue weighted by molar-refractivity contribution is 7.91. The molecule has 0 aliphatic carbocycles. The van der Waals surface area contributed by atoms with E-state index in [-0.39, 0.29) is 36.0 Å². The van der Waals surface area contributed by atoms with Gasteiger partial charge in [-0.05, 0) is 44.0 Å². The van der Waals surface area contributed by atoms with E-state index in [1.807, 2.05) is 19.1 Å². The molecule has 0 bridgehead atoms. The van der Waals surface area contributed by atoms with E-state index in [9.17, 15) is 13.2 Å². The fraction of sp³-hybridized carbons (Fsp3) is 0.611. The molecule has 1 saturated heterocycles. The first kappa shape index (κ1) is 21.5. The van der Waals surface area contributed by atoms with Gasteiger partial charge >= 0.3 is 0 Å². The van der Waals surface area contributed by atoms with Gasteiger partial charge in [0.15, 0.2) is 9.84 Å². The molecule has 1 fully saturated rings. The van der Waals surface area contributed by atoms with E-state index in [2.05, 4.69) is 11.8 Å². The highest BCUT2D eigenvalue weighted by atomic mass is 35.5. The zero-order valence-electron chi connectivity index (χ0n) is 15.4. The van der Waals surface area contributed by atoms with Crippen LogP contribution in [0, 0.1) is 0 Å². The summed E-state index contributed by atoms with van der Waals surface area (Å²) in [4.78, 5) is 16.4. The standard InChI is InChI=1S/C18H26Cl2N2O3S/c1-4-8-22(13(2)14-5-6-16(19)17(20)10-14)11-18(23)21(3)15-7-9-26(24,25)12-15/h5-6,10,13,15H,4,7-9,11-12H2,1-3H3/t13-,15-/m1/s1. The highest BCUT2D eigenvalue weighted by Crippen LogP contribution is 2.28. The van der Waals surface area contributed by atoms with Crippen molar-refractivity contribution in [2.45, 2.75) is 38.8 Å². The van der Waals surface area contributed by atoms with Crippen molar-refractivity contribution in [3.05, 3.63) is 33.8 Å². The normalized spacial score (nSPS) is 20.3. The quantitative estimate of drug-likeness (QED) is 0.677. The lowest BCUT2D eigenvalue weighted by Crippen LogP contribution is -2.44.